The molecule has 2 aliphatic heterocycles. The molecule has 5 fully saturated rings. The molecule has 1 spiro atoms. The average Bonchev–Trinajstić information content (AvgIpc) is 3.72. The maximum absolute atomic E-state index is 11.8. The first kappa shape index (κ1) is 26.9. The molecule has 1 aromatic carbocycles. The summed E-state index contributed by atoms with van der Waals surface area (Å²) >= 11 is 0. The Balaban J connectivity index is 1.15. The summed E-state index contributed by atoms with van der Waals surface area (Å²) in [7, 11) is 1.42. The van der Waals surface area contributed by atoms with Crippen LogP contribution in [0, 0.1) is 35.0 Å². The number of ether oxygens (including phenoxy) is 5. The van der Waals surface area contributed by atoms with Gasteiger partial charge >= 0.3 is 5.97 Å². The van der Waals surface area contributed by atoms with E-state index < -0.39 is 5.79 Å². The largest absolute Gasteiger partial charge is 0.465 e. The molecule has 2 saturated heterocycles. The van der Waals surface area contributed by atoms with Gasteiger partial charge in [-0.25, -0.2) is 4.79 Å². The summed E-state index contributed by atoms with van der Waals surface area (Å²) in [5, 5.41) is 0. The molecule has 40 heavy (non-hydrogen) atoms. The minimum atomic E-state index is -0.484. The zero-order valence-corrected chi connectivity index (χ0v) is 24.1. The smallest absolute Gasteiger partial charge is 0.337 e. The Labute approximate surface area is 238 Å². The molecule has 3 saturated carbocycles. The van der Waals surface area contributed by atoms with Gasteiger partial charge in [0.25, 0.3) is 0 Å². The number of hydrogen-bond acceptors (Lipinski definition) is 6. The zero-order valence-electron chi connectivity index (χ0n) is 24.1. The lowest BCUT2D eigenvalue weighted by atomic mass is 9.50. The lowest BCUT2D eigenvalue weighted by Crippen LogP contribution is -2.52. The summed E-state index contributed by atoms with van der Waals surface area (Å²) in [5.41, 5.74) is 3.49. The first-order valence-electron chi connectivity index (χ1n) is 15.5. The van der Waals surface area contributed by atoms with Crippen LogP contribution in [0.25, 0.3) is 6.08 Å². The summed E-state index contributed by atoms with van der Waals surface area (Å²) < 4.78 is 29.8. The van der Waals surface area contributed by atoms with Gasteiger partial charge in [-0.2, -0.15) is 0 Å². The van der Waals surface area contributed by atoms with E-state index >= 15 is 0 Å². The zero-order chi connectivity index (χ0) is 27.4. The van der Waals surface area contributed by atoms with Crippen molar-refractivity contribution in [3.8, 4) is 0 Å². The quantitative estimate of drug-likeness (QED) is 0.307. The van der Waals surface area contributed by atoms with Crippen LogP contribution in [0.5, 0.6) is 0 Å². The fourth-order valence-electron chi connectivity index (χ4n) is 9.97. The highest BCUT2D eigenvalue weighted by Crippen LogP contribution is 2.67. The normalized spacial score (nSPS) is 37.6. The molecular formula is C34H44O6. The van der Waals surface area contributed by atoms with Gasteiger partial charge < -0.3 is 23.7 Å². The topological polar surface area (TPSA) is 63.2 Å². The minimum Gasteiger partial charge on any atom is -0.465 e. The second-order valence-corrected chi connectivity index (χ2v) is 13.2. The van der Waals surface area contributed by atoms with E-state index in [0.717, 1.165) is 49.9 Å². The molecule has 1 aromatic rings. The number of rotatable bonds is 5. The van der Waals surface area contributed by atoms with Crippen molar-refractivity contribution in [2.75, 3.05) is 33.5 Å². The third-order valence-electron chi connectivity index (χ3n) is 11.6. The van der Waals surface area contributed by atoms with Crippen LogP contribution in [-0.2, 0) is 23.7 Å². The Hall–Kier alpha value is -1.99. The van der Waals surface area contributed by atoms with Gasteiger partial charge in [0.05, 0.1) is 39.1 Å². The number of methoxy groups -OCH3 is 1. The molecule has 216 valence electrons. The summed E-state index contributed by atoms with van der Waals surface area (Å²) in [6.07, 6.45) is 17.6. The van der Waals surface area contributed by atoms with E-state index in [-0.39, 0.29) is 17.2 Å². The van der Waals surface area contributed by atoms with Gasteiger partial charge in [-0.1, -0.05) is 35.9 Å². The molecule has 6 aliphatic rings. The van der Waals surface area contributed by atoms with Crippen molar-refractivity contribution in [1.82, 2.24) is 0 Å². The van der Waals surface area contributed by atoms with E-state index in [1.54, 1.807) is 5.57 Å². The van der Waals surface area contributed by atoms with Crippen molar-refractivity contribution < 1.29 is 28.5 Å². The van der Waals surface area contributed by atoms with Gasteiger partial charge in [-0.05, 0) is 98.7 Å². The first-order chi connectivity index (χ1) is 19.5. The van der Waals surface area contributed by atoms with E-state index in [4.69, 9.17) is 23.7 Å². The van der Waals surface area contributed by atoms with E-state index in [1.807, 2.05) is 24.3 Å². The van der Waals surface area contributed by atoms with Gasteiger partial charge in [0.1, 0.15) is 0 Å². The fourth-order valence-corrected chi connectivity index (χ4v) is 9.97. The van der Waals surface area contributed by atoms with Gasteiger partial charge in [0.2, 0.25) is 0 Å². The van der Waals surface area contributed by atoms with Crippen molar-refractivity contribution in [3.63, 3.8) is 0 Å². The Bertz CT molecular complexity index is 1160. The van der Waals surface area contributed by atoms with Crippen LogP contribution >= 0.6 is 0 Å². The number of carbonyl (C=O) groups is 1. The highest BCUT2D eigenvalue weighted by molar-refractivity contribution is 5.89. The van der Waals surface area contributed by atoms with Crippen molar-refractivity contribution >= 4 is 12.0 Å². The van der Waals surface area contributed by atoms with Crippen LogP contribution in [0.3, 0.4) is 0 Å². The first-order valence-corrected chi connectivity index (χ1v) is 15.5. The number of allylic oxidation sites excluding steroid dienone is 2. The van der Waals surface area contributed by atoms with E-state index in [0.29, 0.717) is 36.5 Å². The van der Waals surface area contributed by atoms with Gasteiger partial charge in [0, 0.05) is 18.8 Å². The van der Waals surface area contributed by atoms with Gasteiger partial charge in [-0.3, -0.25) is 0 Å². The van der Waals surface area contributed by atoms with Gasteiger partial charge in [-0.15, -0.1) is 0 Å². The van der Waals surface area contributed by atoms with Crippen LogP contribution in [-0.4, -0.2) is 51.1 Å². The fraction of sp³-hybridized carbons (Fsp3) is 0.676. The lowest BCUT2D eigenvalue weighted by molar-refractivity contribution is -0.217. The molecule has 7 rings (SSSR count). The molecule has 0 aromatic heterocycles. The van der Waals surface area contributed by atoms with E-state index in [2.05, 4.69) is 25.2 Å². The molecule has 6 unspecified atom stereocenters. The summed E-state index contributed by atoms with van der Waals surface area (Å²) in [6.45, 7) is 5.07. The van der Waals surface area contributed by atoms with Crippen molar-refractivity contribution in [2.45, 2.75) is 76.3 Å². The van der Waals surface area contributed by atoms with Crippen molar-refractivity contribution in [3.05, 3.63) is 53.1 Å². The second kappa shape index (κ2) is 10.4. The Morgan fingerprint density at radius 3 is 2.45 bits per heavy atom. The molecule has 0 bridgehead atoms. The summed E-state index contributed by atoms with van der Waals surface area (Å²) in [5.74, 6) is 2.15. The molecule has 4 aliphatic carbocycles. The monoisotopic (exact) mass is 548 g/mol. The van der Waals surface area contributed by atoms with E-state index in [1.165, 1.54) is 45.6 Å². The average molecular weight is 549 g/mol. The molecule has 0 N–H and O–H groups in total. The molecule has 6 heteroatoms. The van der Waals surface area contributed by atoms with Crippen LogP contribution in [0.2, 0.25) is 0 Å². The molecule has 0 amide bonds. The van der Waals surface area contributed by atoms with Gasteiger partial charge in [0.15, 0.2) is 11.6 Å². The Morgan fingerprint density at radius 1 is 0.950 bits per heavy atom. The lowest BCUT2D eigenvalue weighted by Gasteiger charge is -2.56. The standard InChI is InChI=1S/C34H44O6/c1-32(37-18-19-38-32)30-12-11-29-28-10-9-25-22-34(39-20-21-40-34)17-14-26(25)27(28)13-16-33(29,30)15-3-4-23-5-7-24(8-6-23)31(35)36-2/h3-9,26-30H,10-22H2,1-2H3/b4-3-. The highest BCUT2D eigenvalue weighted by atomic mass is 16.7. The second-order valence-electron chi connectivity index (χ2n) is 13.2. The Morgan fingerprint density at radius 2 is 1.70 bits per heavy atom. The summed E-state index contributed by atoms with van der Waals surface area (Å²) in [6, 6.07) is 7.71. The number of esters is 1. The Kier molecular flexibility index (Phi) is 6.97. The SMILES string of the molecule is COC(=O)c1ccc(/C=C\CC23CCC4C5CCC6(CC5=CCC4C2CCC3C2(C)OCCO2)OCCO6)cc1. The maximum atomic E-state index is 11.8. The van der Waals surface area contributed by atoms with Crippen LogP contribution in [0.15, 0.2) is 42.0 Å². The van der Waals surface area contributed by atoms with Crippen molar-refractivity contribution in [1.29, 1.82) is 0 Å². The predicted molar refractivity (Wildman–Crippen MR) is 151 cm³/mol. The number of benzene rings is 1. The van der Waals surface area contributed by atoms with Crippen LogP contribution in [0.4, 0.5) is 0 Å². The van der Waals surface area contributed by atoms with Crippen molar-refractivity contribution in [2.24, 2.45) is 35.0 Å². The third-order valence-corrected chi connectivity index (χ3v) is 11.6. The number of fused-ring (bicyclic) bond motifs is 5. The van der Waals surface area contributed by atoms with E-state index in [9.17, 15) is 4.79 Å². The summed E-state index contributed by atoms with van der Waals surface area (Å²) in [4.78, 5) is 11.8. The number of hydrogen-bond donors (Lipinski definition) is 0. The third kappa shape index (κ3) is 4.41. The molecule has 2 heterocycles. The minimum absolute atomic E-state index is 0.182. The number of carbonyl (C=O) groups excluding carboxylic acids is 1. The van der Waals surface area contributed by atoms with Crippen LogP contribution in [0.1, 0.15) is 80.6 Å². The van der Waals surface area contributed by atoms with Crippen LogP contribution < -0.4 is 0 Å². The molecule has 6 atom stereocenters. The molecular weight excluding hydrogens is 504 g/mol. The predicted octanol–water partition coefficient (Wildman–Crippen LogP) is 6.55. The molecule has 0 radical (unpaired) electrons. The maximum Gasteiger partial charge on any atom is 0.337 e. The highest BCUT2D eigenvalue weighted by Gasteiger charge is 2.63. The molecule has 6 nitrogen and oxygen atoms in total.